The summed E-state index contributed by atoms with van der Waals surface area (Å²) in [5.74, 6) is 0.350. The lowest BCUT2D eigenvalue weighted by Crippen LogP contribution is -2.53. The lowest BCUT2D eigenvalue weighted by atomic mass is 9.99. The predicted octanol–water partition coefficient (Wildman–Crippen LogP) is 2.80. The zero-order chi connectivity index (χ0) is 14.9. The van der Waals surface area contributed by atoms with Crippen LogP contribution in [0.15, 0.2) is 24.3 Å². The van der Waals surface area contributed by atoms with E-state index in [1.807, 2.05) is 24.3 Å². The van der Waals surface area contributed by atoms with E-state index in [0.29, 0.717) is 5.92 Å². The number of carbonyl (C=O) groups excluding carboxylic acids is 1. The molecule has 114 valence electrons. The van der Waals surface area contributed by atoms with E-state index in [2.05, 4.69) is 10.6 Å². The van der Waals surface area contributed by atoms with Crippen molar-refractivity contribution in [3.63, 3.8) is 0 Å². The van der Waals surface area contributed by atoms with E-state index in [9.17, 15) is 9.90 Å². The molecule has 0 heterocycles. The maximum Gasteiger partial charge on any atom is 0.315 e. The molecular formula is C16H21ClN2O2. The SMILES string of the molecule is O=C(N[C@@H]1C[C@H]1c1cccc(Cl)c1)NC1(CO)CCCC1. The van der Waals surface area contributed by atoms with Crippen molar-refractivity contribution in [1.82, 2.24) is 10.6 Å². The highest BCUT2D eigenvalue weighted by atomic mass is 35.5. The highest BCUT2D eigenvalue weighted by molar-refractivity contribution is 6.30. The first-order valence-corrected chi connectivity index (χ1v) is 7.95. The number of amides is 2. The second kappa shape index (κ2) is 5.85. The first-order chi connectivity index (χ1) is 10.1. The smallest absolute Gasteiger partial charge is 0.315 e. The second-order valence-corrected chi connectivity index (χ2v) is 6.68. The van der Waals surface area contributed by atoms with Crippen molar-refractivity contribution in [2.24, 2.45) is 0 Å². The van der Waals surface area contributed by atoms with Gasteiger partial charge in [0.2, 0.25) is 0 Å². The van der Waals surface area contributed by atoms with Crippen LogP contribution in [0.3, 0.4) is 0 Å². The van der Waals surface area contributed by atoms with Gasteiger partial charge in [-0.3, -0.25) is 0 Å². The molecule has 1 aromatic carbocycles. The second-order valence-electron chi connectivity index (χ2n) is 6.25. The van der Waals surface area contributed by atoms with Gasteiger partial charge in [-0.25, -0.2) is 4.79 Å². The van der Waals surface area contributed by atoms with Gasteiger partial charge < -0.3 is 15.7 Å². The van der Waals surface area contributed by atoms with Crippen molar-refractivity contribution >= 4 is 17.6 Å². The molecule has 3 N–H and O–H groups in total. The summed E-state index contributed by atoms with van der Waals surface area (Å²) < 4.78 is 0. The van der Waals surface area contributed by atoms with Crippen molar-refractivity contribution in [2.45, 2.75) is 49.6 Å². The third-order valence-electron chi connectivity index (χ3n) is 4.63. The van der Waals surface area contributed by atoms with Crippen LogP contribution in [0.1, 0.15) is 43.6 Å². The van der Waals surface area contributed by atoms with E-state index in [-0.39, 0.29) is 18.7 Å². The molecule has 0 aromatic heterocycles. The molecule has 0 unspecified atom stereocenters. The van der Waals surface area contributed by atoms with Crippen molar-refractivity contribution < 1.29 is 9.90 Å². The summed E-state index contributed by atoms with van der Waals surface area (Å²) in [4.78, 5) is 12.1. The summed E-state index contributed by atoms with van der Waals surface area (Å²) in [5.41, 5.74) is 0.760. The maximum atomic E-state index is 12.1. The van der Waals surface area contributed by atoms with E-state index in [0.717, 1.165) is 37.1 Å². The summed E-state index contributed by atoms with van der Waals surface area (Å²) in [6, 6.07) is 7.79. The molecule has 2 fully saturated rings. The van der Waals surface area contributed by atoms with E-state index in [1.165, 1.54) is 5.56 Å². The topological polar surface area (TPSA) is 61.4 Å². The standard InChI is InChI=1S/C16H21ClN2O2/c17-12-5-3-4-11(8-12)13-9-14(13)18-15(21)19-16(10-20)6-1-2-7-16/h3-5,8,13-14,20H,1-2,6-7,9-10H2,(H2,18,19,21)/t13-,14+/m0/s1. The van der Waals surface area contributed by atoms with Gasteiger partial charge in [0.25, 0.3) is 0 Å². The number of urea groups is 1. The number of rotatable bonds is 4. The van der Waals surface area contributed by atoms with Gasteiger partial charge in [0.1, 0.15) is 0 Å². The fourth-order valence-electron chi connectivity index (χ4n) is 3.28. The molecule has 0 radical (unpaired) electrons. The summed E-state index contributed by atoms with van der Waals surface area (Å²) in [7, 11) is 0. The van der Waals surface area contributed by atoms with E-state index in [4.69, 9.17) is 11.6 Å². The lowest BCUT2D eigenvalue weighted by Gasteiger charge is -2.28. The molecule has 5 heteroatoms. The van der Waals surface area contributed by atoms with Crippen LogP contribution in [-0.4, -0.2) is 29.3 Å². The molecule has 21 heavy (non-hydrogen) atoms. The van der Waals surface area contributed by atoms with Crippen LogP contribution >= 0.6 is 11.6 Å². The molecule has 2 aliphatic rings. The van der Waals surface area contributed by atoms with Crippen LogP contribution in [-0.2, 0) is 0 Å². The number of aliphatic hydroxyl groups is 1. The van der Waals surface area contributed by atoms with E-state index in [1.54, 1.807) is 0 Å². The van der Waals surface area contributed by atoms with Gasteiger partial charge in [0.15, 0.2) is 0 Å². The summed E-state index contributed by atoms with van der Waals surface area (Å²) >= 11 is 5.99. The van der Waals surface area contributed by atoms with Crippen LogP contribution in [0.5, 0.6) is 0 Å². The van der Waals surface area contributed by atoms with Crippen LogP contribution in [0.2, 0.25) is 5.02 Å². The molecule has 0 aliphatic heterocycles. The van der Waals surface area contributed by atoms with Crippen LogP contribution in [0, 0.1) is 0 Å². The highest BCUT2D eigenvalue weighted by Gasteiger charge is 2.41. The normalized spacial score (nSPS) is 26.4. The van der Waals surface area contributed by atoms with Crippen molar-refractivity contribution in [3.05, 3.63) is 34.9 Å². The van der Waals surface area contributed by atoms with Gasteiger partial charge in [0.05, 0.1) is 12.1 Å². The first kappa shape index (κ1) is 14.7. The molecule has 0 spiro atoms. The number of carbonyl (C=O) groups is 1. The number of aliphatic hydroxyl groups excluding tert-OH is 1. The lowest BCUT2D eigenvalue weighted by molar-refractivity contribution is 0.162. The molecule has 0 bridgehead atoms. The minimum absolute atomic E-state index is 0.0167. The summed E-state index contributed by atoms with van der Waals surface area (Å²) in [6.07, 6.45) is 4.79. The van der Waals surface area contributed by atoms with Crippen LogP contribution < -0.4 is 10.6 Å². The largest absolute Gasteiger partial charge is 0.394 e. The van der Waals surface area contributed by atoms with Gasteiger partial charge in [-0.2, -0.15) is 0 Å². The van der Waals surface area contributed by atoms with E-state index < -0.39 is 5.54 Å². The van der Waals surface area contributed by atoms with Crippen molar-refractivity contribution in [2.75, 3.05) is 6.61 Å². The fraction of sp³-hybridized carbons (Fsp3) is 0.562. The number of nitrogens with one attached hydrogen (secondary N) is 2. The predicted molar refractivity (Wildman–Crippen MR) is 82.6 cm³/mol. The van der Waals surface area contributed by atoms with Crippen molar-refractivity contribution in [1.29, 1.82) is 0 Å². The Morgan fingerprint density at radius 2 is 2.14 bits per heavy atom. The molecule has 2 saturated carbocycles. The molecule has 2 aliphatic carbocycles. The van der Waals surface area contributed by atoms with Gasteiger partial charge in [0, 0.05) is 17.0 Å². The number of hydrogen-bond acceptors (Lipinski definition) is 2. The van der Waals surface area contributed by atoms with Gasteiger partial charge in [-0.15, -0.1) is 0 Å². The number of hydrogen-bond donors (Lipinski definition) is 3. The average Bonchev–Trinajstić information content (AvgIpc) is 3.06. The zero-order valence-corrected chi connectivity index (χ0v) is 12.7. The maximum absolute atomic E-state index is 12.1. The molecular weight excluding hydrogens is 288 g/mol. The van der Waals surface area contributed by atoms with Gasteiger partial charge >= 0.3 is 6.03 Å². The summed E-state index contributed by atoms with van der Waals surface area (Å²) in [5, 5.41) is 16.2. The Morgan fingerprint density at radius 3 is 2.81 bits per heavy atom. The van der Waals surface area contributed by atoms with Crippen LogP contribution in [0.4, 0.5) is 4.79 Å². The van der Waals surface area contributed by atoms with Crippen LogP contribution in [0.25, 0.3) is 0 Å². The Bertz CT molecular complexity index is 529. The van der Waals surface area contributed by atoms with Gasteiger partial charge in [-0.05, 0) is 37.0 Å². The Morgan fingerprint density at radius 1 is 1.38 bits per heavy atom. The Kier molecular flexibility index (Phi) is 4.09. The Balaban J connectivity index is 1.53. The van der Waals surface area contributed by atoms with Gasteiger partial charge in [-0.1, -0.05) is 36.6 Å². The van der Waals surface area contributed by atoms with Crippen molar-refractivity contribution in [3.8, 4) is 0 Å². The average molecular weight is 309 g/mol. The minimum Gasteiger partial charge on any atom is -0.394 e. The molecule has 1 aromatic rings. The molecule has 2 atom stereocenters. The quantitative estimate of drug-likeness (QED) is 0.801. The Labute approximate surface area is 129 Å². The zero-order valence-electron chi connectivity index (χ0n) is 11.9. The molecule has 2 amide bonds. The molecule has 3 rings (SSSR count). The van der Waals surface area contributed by atoms with E-state index >= 15 is 0 Å². The monoisotopic (exact) mass is 308 g/mol. The first-order valence-electron chi connectivity index (χ1n) is 7.57. The molecule has 4 nitrogen and oxygen atoms in total. The minimum atomic E-state index is -0.412. The number of benzene rings is 1. The Hall–Kier alpha value is -1.26. The third-order valence-corrected chi connectivity index (χ3v) is 4.86. The molecule has 0 saturated heterocycles. The third kappa shape index (κ3) is 3.33. The fourth-order valence-corrected chi connectivity index (χ4v) is 3.48. The number of halogens is 1. The summed E-state index contributed by atoms with van der Waals surface area (Å²) in [6.45, 7) is 0.0167. The highest BCUT2D eigenvalue weighted by Crippen LogP contribution is 2.41.